The summed E-state index contributed by atoms with van der Waals surface area (Å²) in [6.07, 6.45) is 5.93. The monoisotopic (exact) mass is 453 g/mol. The van der Waals surface area contributed by atoms with Crippen LogP contribution in [0.2, 0.25) is 0 Å². The van der Waals surface area contributed by atoms with Crippen LogP contribution in [0.25, 0.3) is 6.08 Å². The molecule has 7 nitrogen and oxygen atoms in total. The third-order valence-corrected chi connectivity index (χ3v) is 5.77. The van der Waals surface area contributed by atoms with Crippen molar-refractivity contribution in [3.05, 3.63) is 87.3 Å². The molecule has 1 saturated heterocycles. The predicted molar refractivity (Wildman–Crippen MR) is 126 cm³/mol. The zero-order valence-corrected chi connectivity index (χ0v) is 18.0. The summed E-state index contributed by atoms with van der Waals surface area (Å²) in [5, 5.41) is 13.6. The summed E-state index contributed by atoms with van der Waals surface area (Å²) in [5.41, 5.74) is 1.01. The molecule has 158 valence electrons. The molecule has 1 aliphatic heterocycles. The van der Waals surface area contributed by atoms with Gasteiger partial charge in [-0.3, -0.25) is 24.6 Å². The second-order valence-electron chi connectivity index (χ2n) is 6.55. The molecule has 0 aliphatic carbocycles. The zero-order chi connectivity index (χ0) is 22.2. The van der Waals surface area contributed by atoms with E-state index in [1.165, 1.54) is 34.9 Å². The average molecular weight is 454 g/mol. The van der Waals surface area contributed by atoms with Crippen molar-refractivity contribution < 1.29 is 14.5 Å². The zero-order valence-electron chi connectivity index (χ0n) is 16.4. The van der Waals surface area contributed by atoms with Crippen LogP contribution in [-0.4, -0.2) is 32.5 Å². The molecule has 2 aromatic rings. The van der Waals surface area contributed by atoms with Crippen LogP contribution >= 0.6 is 24.0 Å². The maximum absolute atomic E-state index is 12.6. The smallest absolute Gasteiger partial charge is 0.292 e. The van der Waals surface area contributed by atoms with Gasteiger partial charge in [-0.05, 0) is 24.1 Å². The van der Waals surface area contributed by atoms with Crippen molar-refractivity contribution in [1.82, 2.24) is 4.90 Å². The van der Waals surface area contributed by atoms with Gasteiger partial charge in [-0.25, -0.2) is 0 Å². The Kier molecular flexibility index (Phi) is 7.69. The van der Waals surface area contributed by atoms with Crippen molar-refractivity contribution in [3.63, 3.8) is 0 Å². The standard InChI is InChI=1S/C22H19N3O4S2/c26-20(23-17-11-4-5-12-18(17)25(28)29)14-7-15-24-21(27)19(31-22(24)30)13-6-10-16-8-2-1-3-9-16/h1-6,8-13H,7,14-15H2,(H,23,26)/b10-6+,19-13-. The fourth-order valence-electron chi connectivity index (χ4n) is 2.87. The van der Waals surface area contributed by atoms with Gasteiger partial charge in [0.15, 0.2) is 0 Å². The summed E-state index contributed by atoms with van der Waals surface area (Å²) in [6, 6.07) is 15.7. The molecular weight excluding hydrogens is 434 g/mol. The van der Waals surface area contributed by atoms with Gasteiger partial charge in [-0.2, -0.15) is 0 Å². The van der Waals surface area contributed by atoms with Gasteiger partial charge in [0, 0.05) is 19.0 Å². The van der Waals surface area contributed by atoms with E-state index in [0.717, 1.165) is 5.56 Å². The Balaban J connectivity index is 1.51. The van der Waals surface area contributed by atoms with Crippen LogP contribution in [0, 0.1) is 10.1 Å². The van der Waals surface area contributed by atoms with Gasteiger partial charge in [0.1, 0.15) is 10.0 Å². The lowest BCUT2D eigenvalue weighted by atomic mass is 10.2. The maximum atomic E-state index is 12.6. The molecule has 1 fully saturated rings. The molecular formula is C22H19N3O4S2. The number of benzene rings is 2. The molecule has 2 amide bonds. The number of nitro benzene ring substituents is 1. The number of nitrogens with zero attached hydrogens (tertiary/aromatic N) is 2. The van der Waals surface area contributed by atoms with Crippen LogP contribution in [0.5, 0.6) is 0 Å². The van der Waals surface area contributed by atoms with E-state index < -0.39 is 4.92 Å². The molecule has 0 spiro atoms. The van der Waals surface area contributed by atoms with Crippen LogP contribution < -0.4 is 5.32 Å². The van der Waals surface area contributed by atoms with Crippen LogP contribution in [0.1, 0.15) is 18.4 Å². The van der Waals surface area contributed by atoms with Crippen LogP contribution in [-0.2, 0) is 9.59 Å². The summed E-state index contributed by atoms with van der Waals surface area (Å²) in [7, 11) is 0. The molecule has 0 saturated carbocycles. The fraction of sp³-hybridized carbons (Fsp3) is 0.136. The van der Waals surface area contributed by atoms with E-state index in [9.17, 15) is 19.7 Å². The van der Waals surface area contributed by atoms with E-state index in [2.05, 4.69) is 5.32 Å². The first-order valence-corrected chi connectivity index (χ1v) is 10.7. The Morgan fingerprint density at radius 1 is 1.16 bits per heavy atom. The Bertz CT molecular complexity index is 1070. The largest absolute Gasteiger partial charge is 0.320 e. The number of carbonyl (C=O) groups is 2. The lowest BCUT2D eigenvalue weighted by molar-refractivity contribution is -0.383. The van der Waals surface area contributed by atoms with Crippen LogP contribution in [0.4, 0.5) is 11.4 Å². The minimum atomic E-state index is -0.547. The number of para-hydroxylation sites is 2. The number of anilines is 1. The van der Waals surface area contributed by atoms with E-state index >= 15 is 0 Å². The minimum absolute atomic E-state index is 0.107. The van der Waals surface area contributed by atoms with Crippen LogP contribution in [0.15, 0.2) is 71.7 Å². The molecule has 0 unspecified atom stereocenters. The first-order valence-electron chi connectivity index (χ1n) is 9.46. The number of thiocarbonyl (C=S) groups is 1. The summed E-state index contributed by atoms with van der Waals surface area (Å²) in [4.78, 5) is 37.2. The molecule has 9 heteroatoms. The van der Waals surface area contributed by atoms with Gasteiger partial charge in [-0.1, -0.05) is 78.6 Å². The molecule has 3 rings (SSSR count). The highest BCUT2D eigenvalue weighted by molar-refractivity contribution is 8.26. The Morgan fingerprint density at radius 2 is 1.87 bits per heavy atom. The van der Waals surface area contributed by atoms with E-state index in [4.69, 9.17) is 12.2 Å². The van der Waals surface area contributed by atoms with Gasteiger partial charge in [-0.15, -0.1) is 0 Å². The molecule has 1 N–H and O–H groups in total. The van der Waals surface area contributed by atoms with Crippen molar-refractivity contribution in [3.8, 4) is 0 Å². The third kappa shape index (κ3) is 6.09. The quantitative estimate of drug-likeness (QED) is 0.268. The van der Waals surface area contributed by atoms with Gasteiger partial charge < -0.3 is 5.32 Å². The van der Waals surface area contributed by atoms with E-state index in [1.807, 2.05) is 42.5 Å². The molecule has 0 radical (unpaired) electrons. The van der Waals surface area contributed by atoms with E-state index in [0.29, 0.717) is 22.2 Å². The Morgan fingerprint density at radius 3 is 2.61 bits per heavy atom. The topological polar surface area (TPSA) is 92.6 Å². The molecule has 31 heavy (non-hydrogen) atoms. The SMILES string of the molecule is O=C(CCCN1C(=O)/C(=C/C=C/c2ccccc2)SC1=S)Nc1ccccc1[N+](=O)[O-]. The molecule has 1 aliphatic rings. The number of allylic oxidation sites excluding steroid dienone is 2. The number of hydrogen-bond donors (Lipinski definition) is 1. The van der Waals surface area contributed by atoms with Gasteiger partial charge in [0.25, 0.3) is 11.6 Å². The number of rotatable bonds is 8. The number of nitrogens with one attached hydrogen (secondary N) is 1. The predicted octanol–water partition coefficient (Wildman–Crippen LogP) is 4.77. The van der Waals surface area contributed by atoms with E-state index in [-0.39, 0.29) is 29.6 Å². The van der Waals surface area contributed by atoms with Gasteiger partial charge >= 0.3 is 0 Å². The number of carbonyl (C=O) groups excluding carboxylic acids is 2. The highest BCUT2D eigenvalue weighted by Gasteiger charge is 2.31. The molecule has 2 aromatic carbocycles. The number of hydrogen-bond acceptors (Lipinski definition) is 6. The summed E-state index contributed by atoms with van der Waals surface area (Å²) in [5.74, 6) is -0.548. The van der Waals surface area contributed by atoms with Crippen molar-refractivity contribution in [2.24, 2.45) is 0 Å². The van der Waals surface area contributed by atoms with Gasteiger partial charge in [0.05, 0.1) is 9.83 Å². The highest BCUT2D eigenvalue weighted by atomic mass is 32.2. The first-order chi connectivity index (χ1) is 15.0. The highest BCUT2D eigenvalue weighted by Crippen LogP contribution is 2.31. The molecule has 0 bridgehead atoms. The second kappa shape index (κ2) is 10.6. The molecule has 0 aromatic heterocycles. The Hall–Kier alpha value is -3.30. The summed E-state index contributed by atoms with van der Waals surface area (Å²) in [6.45, 7) is 0.300. The summed E-state index contributed by atoms with van der Waals surface area (Å²) < 4.78 is 0.448. The lowest BCUT2D eigenvalue weighted by Crippen LogP contribution is -2.29. The van der Waals surface area contributed by atoms with Gasteiger partial charge in [0.2, 0.25) is 5.91 Å². The number of amides is 2. The fourth-order valence-corrected chi connectivity index (χ4v) is 4.13. The summed E-state index contributed by atoms with van der Waals surface area (Å²) >= 11 is 6.52. The number of nitro groups is 1. The average Bonchev–Trinajstić information content (AvgIpc) is 3.02. The normalized spacial score (nSPS) is 15.1. The van der Waals surface area contributed by atoms with Crippen LogP contribution in [0.3, 0.4) is 0 Å². The molecule has 0 atom stereocenters. The third-order valence-electron chi connectivity index (χ3n) is 4.37. The van der Waals surface area contributed by atoms with Crippen molar-refractivity contribution in [2.45, 2.75) is 12.8 Å². The van der Waals surface area contributed by atoms with E-state index in [1.54, 1.807) is 12.1 Å². The maximum Gasteiger partial charge on any atom is 0.292 e. The number of thioether (sulfide) groups is 1. The second-order valence-corrected chi connectivity index (χ2v) is 8.23. The molecule has 1 heterocycles. The first kappa shape index (κ1) is 22.4. The van der Waals surface area contributed by atoms with Crippen molar-refractivity contribution in [2.75, 3.05) is 11.9 Å². The minimum Gasteiger partial charge on any atom is -0.320 e. The van der Waals surface area contributed by atoms with Crippen molar-refractivity contribution >= 4 is 57.6 Å². The van der Waals surface area contributed by atoms with Crippen molar-refractivity contribution in [1.29, 1.82) is 0 Å². The Labute approximate surface area is 189 Å². The lowest BCUT2D eigenvalue weighted by Gasteiger charge is -2.14.